The molecule has 2 rings (SSSR count). The summed E-state index contributed by atoms with van der Waals surface area (Å²) < 4.78 is 0. The van der Waals surface area contributed by atoms with Gasteiger partial charge < -0.3 is 5.73 Å². The lowest BCUT2D eigenvalue weighted by Gasteiger charge is -2.19. The maximum Gasteiger partial charge on any atom is 0.229 e. The zero-order valence-corrected chi connectivity index (χ0v) is 8.82. The number of nitrogens with zero attached hydrogens (tertiary/aromatic N) is 2. The molecule has 5 heteroatoms. The third-order valence-corrected chi connectivity index (χ3v) is 3.10. The van der Waals surface area contributed by atoms with Crippen molar-refractivity contribution in [2.75, 3.05) is 26.2 Å². The Labute approximate surface area is 89.2 Å². The van der Waals surface area contributed by atoms with E-state index in [1.54, 1.807) is 0 Å². The lowest BCUT2D eigenvalue weighted by Crippen LogP contribution is -2.38. The van der Waals surface area contributed by atoms with Crippen LogP contribution >= 0.6 is 0 Å². The van der Waals surface area contributed by atoms with Gasteiger partial charge in [0.2, 0.25) is 11.8 Å². The van der Waals surface area contributed by atoms with E-state index >= 15 is 0 Å². The predicted octanol–water partition coefficient (Wildman–Crippen LogP) is -0.832. The molecule has 1 atom stereocenters. The Bertz CT molecular complexity index is 264. The largest absolute Gasteiger partial charge is 0.326 e. The van der Waals surface area contributed by atoms with Gasteiger partial charge in [-0.05, 0) is 13.0 Å². The van der Waals surface area contributed by atoms with Crippen molar-refractivity contribution in [1.29, 1.82) is 0 Å². The number of carbonyl (C=O) groups excluding carboxylic acids is 2. The smallest absolute Gasteiger partial charge is 0.229 e. The molecule has 0 spiro atoms. The summed E-state index contributed by atoms with van der Waals surface area (Å²) in [5.41, 5.74) is 5.77. The molecule has 84 valence electrons. The lowest BCUT2D eigenvalue weighted by atomic mass is 10.3. The van der Waals surface area contributed by atoms with Crippen LogP contribution in [0.15, 0.2) is 0 Å². The maximum atomic E-state index is 11.3. The van der Waals surface area contributed by atoms with Crippen LogP contribution in [0.25, 0.3) is 0 Å². The normalized spacial score (nSPS) is 28.1. The first-order valence-corrected chi connectivity index (χ1v) is 5.48. The van der Waals surface area contributed by atoms with E-state index < -0.39 is 0 Å². The quantitative estimate of drug-likeness (QED) is 0.619. The molecule has 2 amide bonds. The van der Waals surface area contributed by atoms with E-state index in [9.17, 15) is 9.59 Å². The van der Waals surface area contributed by atoms with Gasteiger partial charge in [0.05, 0.1) is 0 Å². The Balaban J connectivity index is 1.78. The van der Waals surface area contributed by atoms with Crippen LogP contribution in [0.5, 0.6) is 0 Å². The van der Waals surface area contributed by atoms with Gasteiger partial charge in [-0.1, -0.05) is 0 Å². The predicted molar refractivity (Wildman–Crippen MR) is 55.0 cm³/mol. The Hall–Kier alpha value is -0.940. The van der Waals surface area contributed by atoms with Crippen molar-refractivity contribution >= 4 is 11.8 Å². The van der Waals surface area contributed by atoms with Crippen LogP contribution in [0, 0.1) is 0 Å². The van der Waals surface area contributed by atoms with Crippen molar-refractivity contribution in [1.82, 2.24) is 9.80 Å². The van der Waals surface area contributed by atoms with Gasteiger partial charge in [-0.25, -0.2) is 0 Å². The Morgan fingerprint density at radius 2 is 1.87 bits per heavy atom. The van der Waals surface area contributed by atoms with E-state index in [0.717, 1.165) is 26.1 Å². The standard InChI is InChI=1S/C10H17N3O2/c11-8-3-4-12(7-8)5-6-13-9(14)1-2-10(13)15/h8H,1-7,11H2/t8-/m0/s1. The van der Waals surface area contributed by atoms with E-state index in [2.05, 4.69) is 4.90 Å². The van der Waals surface area contributed by atoms with Crippen LogP contribution in [-0.4, -0.2) is 53.8 Å². The molecule has 0 aromatic carbocycles. The van der Waals surface area contributed by atoms with E-state index in [4.69, 9.17) is 5.73 Å². The average Bonchev–Trinajstić information content (AvgIpc) is 2.73. The molecule has 0 saturated carbocycles. The molecular weight excluding hydrogens is 194 g/mol. The van der Waals surface area contributed by atoms with E-state index in [-0.39, 0.29) is 17.9 Å². The number of rotatable bonds is 3. The Morgan fingerprint density at radius 3 is 2.40 bits per heavy atom. The van der Waals surface area contributed by atoms with Gasteiger partial charge in [-0.3, -0.25) is 19.4 Å². The molecule has 2 N–H and O–H groups in total. The van der Waals surface area contributed by atoms with Crippen molar-refractivity contribution in [2.24, 2.45) is 5.73 Å². The SMILES string of the molecule is N[C@H]1CCN(CCN2C(=O)CCC2=O)C1. The molecule has 0 aliphatic carbocycles. The van der Waals surface area contributed by atoms with Crippen LogP contribution in [-0.2, 0) is 9.59 Å². The minimum atomic E-state index is -0.0245. The number of nitrogens with two attached hydrogens (primary N) is 1. The van der Waals surface area contributed by atoms with Crippen molar-refractivity contribution in [3.05, 3.63) is 0 Å². The first-order valence-electron chi connectivity index (χ1n) is 5.48. The summed E-state index contributed by atoms with van der Waals surface area (Å²) in [6.45, 7) is 3.17. The fraction of sp³-hybridized carbons (Fsp3) is 0.800. The summed E-state index contributed by atoms with van der Waals surface area (Å²) in [6, 6.07) is 0.259. The Morgan fingerprint density at radius 1 is 1.20 bits per heavy atom. The molecule has 0 radical (unpaired) electrons. The zero-order valence-electron chi connectivity index (χ0n) is 8.82. The fourth-order valence-corrected chi connectivity index (χ4v) is 2.18. The number of likely N-dealkylation sites (tertiary alicyclic amines) is 2. The van der Waals surface area contributed by atoms with Crippen LogP contribution in [0.2, 0.25) is 0 Å². The van der Waals surface area contributed by atoms with Gasteiger partial charge in [0.15, 0.2) is 0 Å². The maximum absolute atomic E-state index is 11.3. The second-order valence-electron chi connectivity index (χ2n) is 4.29. The molecule has 2 aliphatic heterocycles. The average molecular weight is 211 g/mol. The molecule has 5 nitrogen and oxygen atoms in total. The van der Waals surface area contributed by atoms with Crippen molar-refractivity contribution in [3.63, 3.8) is 0 Å². The molecule has 2 fully saturated rings. The third kappa shape index (κ3) is 2.35. The zero-order chi connectivity index (χ0) is 10.8. The lowest BCUT2D eigenvalue weighted by molar-refractivity contribution is -0.138. The minimum Gasteiger partial charge on any atom is -0.326 e. The molecule has 2 aliphatic rings. The third-order valence-electron chi connectivity index (χ3n) is 3.10. The topological polar surface area (TPSA) is 66.6 Å². The van der Waals surface area contributed by atoms with Gasteiger partial charge in [-0.2, -0.15) is 0 Å². The first kappa shape index (κ1) is 10.6. The Kier molecular flexibility index (Phi) is 3.02. The monoisotopic (exact) mass is 211 g/mol. The highest BCUT2D eigenvalue weighted by Gasteiger charge is 2.29. The summed E-state index contributed by atoms with van der Waals surface area (Å²) in [5.74, 6) is -0.0491. The minimum absolute atomic E-state index is 0.0245. The molecule has 2 saturated heterocycles. The molecule has 0 aromatic heterocycles. The number of imide groups is 1. The first-order chi connectivity index (χ1) is 7.16. The van der Waals surface area contributed by atoms with Gasteiger partial charge in [0.25, 0.3) is 0 Å². The van der Waals surface area contributed by atoms with Crippen molar-refractivity contribution in [3.8, 4) is 0 Å². The molecular formula is C10H17N3O2. The molecule has 0 unspecified atom stereocenters. The second kappa shape index (κ2) is 4.28. The highest BCUT2D eigenvalue weighted by atomic mass is 16.2. The molecule has 2 heterocycles. The van der Waals surface area contributed by atoms with E-state index in [1.807, 2.05) is 0 Å². The molecule has 0 aromatic rings. The van der Waals surface area contributed by atoms with Gasteiger partial charge in [-0.15, -0.1) is 0 Å². The van der Waals surface area contributed by atoms with E-state index in [0.29, 0.717) is 19.4 Å². The summed E-state index contributed by atoms with van der Waals surface area (Å²) in [7, 11) is 0. The van der Waals surface area contributed by atoms with Gasteiger partial charge in [0, 0.05) is 38.5 Å². The summed E-state index contributed by atoms with van der Waals surface area (Å²) in [6.07, 6.45) is 1.79. The van der Waals surface area contributed by atoms with Crippen LogP contribution in [0.1, 0.15) is 19.3 Å². The highest BCUT2D eigenvalue weighted by molar-refractivity contribution is 6.01. The van der Waals surface area contributed by atoms with Crippen LogP contribution in [0.3, 0.4) is 0 Å². The van der Waals surface area contributed by atoms with Gasteiger partial charge >= 0.3 is 0 Å². The number of hydrogen-bond donors (Lipinski definition) is 1. The van der Waals surface area contributed by atoms with E-state index in [1.165, 1.54) is 4.90 Å². The van der Waals surface area contributed by atoms with Crippen LogP contribution in [0.4, 0.5) is 0 Å². The summed E-state index contributed by atoms with van der Waals surface area (Å²) in [5, 5.41) is 0. The highest BCUT2D eigenvalue weighted by Crippen LogP contribution is 2.12. The van der Waals surface area contributed by atoms with Crippen molar-refractivity contribution in [2.45, 2.75) is 25.3 Å². The second-order valence-corrected chi connectivity index (χ2v) is 4.29. The van der Waals surface area contributed by atoms with Crippen LogP contribution < -0.4 is 5.73 Å². The van der Waals surface area contributed by atoms with Crippen molar-refractivity contribution < 1.29 is 9.59 Å². The summed E-state index contributed by atoms with van der Waals surface area (Å²) >= 11 is 0. The number of hydrogen-bond acceptors (Lipinski definition) is 4. The fourth-order valence-electron chi connectivity index (χ4n) is 2.18. The molecule has 0 bridgehead atoms. The summed E-state index contributed by atoms with van der Waals surface area (Å²) in [4.78, 5) is 26.2. The number of amides is 2. The number of carbonyl (C=O) groups is 2. The molecule has 15 heavy (non-hydrogen) atoms. The van der Waals surface area contributed by atoms with Gasteiger partial charge in [0.1, 0.15) is 0 Å².